The van der Waals surface area contributed by atoms with E-state index in [9.17, 15) is 10.2 Å². The fourth-order valence-electron chi connectivity index (χ4n) is 4.40. The molecule has 3 aliphatic rings. The molecule has 5 rings (SSSR count). The standard InChI is InChI=1S/C20H21NO5/c1-19(12-3-7-14(22)8-4-12)17-21-16(11-24-17)25-20(2,18(21)26-19)13-5-9-15(23)10-6-13/h3-10,16-18,22-23H,11H2,1-2H3/t16-,17-,18-,19-,20-/m0/s1. The minimum atomic E-state index is -0.672. The van der Waals surface area contributed by atoms with Gasteiger partial charge in [-0.3, -0.25) is 0 Å². The van der Waals surface area contributed by atoms with Gasteiger partial charge in [0.2, 0.25) is 0 Å². The summed E-state index contributed by atoms with van der Waals surface area (Å²) < 4.78 is 18.9. The van der Waals surface area contributed by atoms with Crippen molar-refractivity contribution < 1.29 is 24.4 Å². The average molecular weight is 355 g/mol. The van der Waals surface area contributed by atoms with Gasteiger partial charge in [0.15, 0.2) is 0 Å². The molecule has 6 nitrogen and oxygen atoms in total. The maximum absolute atomic E-state index is 9.61. The quantitative estimate of drug-likeness (QED) is 0.863. The van der Waals surface area contributed by atoms with Crippen molar-refractivity contribution in [3.8, 4) is 11.5 Å². The topological polar surface area (TPSA) is 71.4 Å². The van der Waals surface area contributed by atoms with E-state index in [0.29, 0.717) is 6.61 Å². The average Bonchev–Trinajstić information content (AvgIpc) is 3.25. The van der Waals surface area contributed by atoms with E-state index in [0.717, 1.165) is 11.1 Å². The number of ether oxygens (including phenoxy) is 3. The Morgan fingerprint density at radius 3 is 1.85 bits per heavy atom. The van der Waals surface area contributed by atoms with Crippen molar-refractivity contribution in [1.82, 2.24) is 4.90 Å². The minimum Gasteiger partial charge on any atom is -0.508 e. The van der Waals surface area contributed by atoms with Crippen LogP contribution in [-0.4, -0.2) is 40.4 Å². The maximum Gasteiger partial charge on any atom is 0.149 e. The van der Waals surface area contributed by atoms with Crippen molar-refractivity contribution in [1.29, 1.82) is 0 Å². The van der Waals surface area contributed by atoms with E-state index in [4.69, 9.17) is 14.2 Å². The van der Waals surface area contributed by atoms with Crippen LogP contribution in [0.2, 0.25) is 0 Å². The number of phenols is 2. The molecule has 6 heteroatoms. The Bertz CT molecular complexity index is 793. The molecule has 0 spiro atoms. The summed E-state index contributed by atoms with van der Waals surface area (Å²) in [4.78, 5) is 2.15. The predicted octanol–water partition coefficient (Wildman–Crippen LogP) is 2.60. The normalized spacial score (nSPS) is 38.6. The second-order valence-corrected chi connectivity index (χ2v) is 7.48. The molecule has 0 unspecified atom stereocenters. The van der Waals surface area contributed by atoms with Crippen LogP contribution in [-0.2, 0) is 25.4 Å². The third-order valence-corrected chi connectivity index (χ3v) is 5.83. The molecular formula is C20H21NO5. The first kappa shape index (κ1) is 16.1. The fraction of sp³-hybridized carbons (Fsp3) is 0.400. The molecule has 0 radical (unpaired) electrons. The number of aromatic hydroxyl groups is 2. The highest BCUT2D eigenvalue weighted by Gasteiger charge is 2.68. The Hall–Kier alpha value is -2.12. The molecule has 3 saturated heterocycles. The van der Waals surface area contributed by atoms with Crippen LogP contribution in [0.4, 0.5) is 0 Å². The molecule has 3 heterocycles. The number of benzene rings is 2. The zero-order valence-corrected chi connectivity index (χ0v) is 14.6. The lowest BCUT2D eigenvalue weighted by Crippen LogP contribution is -2.40. The molecular weight excluding hydrogens is 334 g/mol. The minimum absolute atomic E-state index is 0.178. The van der Waals surface area contributed by atoms with Crippen LogP contribution in [0, 0.1) is 0 Å². The van der Waals surface area contributed by atoms with Crippen LogP contribution >= 0.6 is 0 Å². The van der Waals surface area contributed by atoms with Crippen LogP contribution in [0.15, 0.2) is 48.5 Å². The highest BCUT2D eigenvalue weighted by molar-refractivity contribution is 5.35. The number of nitrogens with zero attached hydrogens (tertiary/aromatic N) is 1. The van der Waals surface area contributed by atoms with E-state index in [2.05, 4.69) is 4.90 Å². The molecule has 3 fully saturated rings. The first-order valence-electron chi connectivity index (χ1n) is 8.75. The van der Waals surface area contributed by atoms with Crippen LogP contribution in [0.1, 0.15) is 25.0 Å². The summed E-state index contributed by atoms with van der Waals surface area (Å²) in [5.41, 5.74) is 0.552. The zero-order valence-electron chi connectivity index (χ0n) is 14.6. The molecule has 0 bridgehead atoms. The van der Waals surface area contributed by atoms with Gasteiger partial charge >= 0.3 is 0 Å². The van der Waals surface area contributed by atoms with Gasteiger partial charge in [-0.05, 0) is 49.2 Å². The van der Waals surface area contributed by atoms with Crippen molar-refractivity contribution in [2.24, 2.45) is 0 Å². The molecule has 26 heavy (non-hydrogen) atoms. The van der Waals surface area contributed by atoms with Crippen LogP contribution < -0.4 is 0 Å². The lowest BCUT2D eigenvalue weighted by atomic mass is 9.94. The molecule has 0 aliphatic carbocycles. The summed E-state index contributed by atoms with van der Waals surface area (Å²) in [7, 11) is 0. The first-order valence-corrected chi connectivity index (χ1v) is 8.75. The van der Waals surface area contributed by atoms with E-state index in [1.807, 2.05) is 38.1 Å². The smallest absolute Gasteiger partial charge is 0.149 e. The first-order chi connectivity index (χ1) is 12.4. The number of phenolic OH excluding ortho intramolecular Hbond substituents is 2. The second kappa shape index (κ2) is 5.20. The van der Waals surface area contributed by atoms with Crippen LogP contribution in [0.5, 0.6) is 11.5 Å². The van der Waals surface area contributed by atoms with Crippen molar-refractivity contribution in [2.45, 2.75) is 43.7 Å². The van der Waals surface area contributed by atoms with Gasteiger partial charge in [-0.25, -0.2) is 4.90 Å². The number of hydrogen-bond donors (Lipinski definition) is 2. The molecule has 0 amide bonds. The van der Waals surface area contributed by atoms with Crippen molar-refractivity contribution >= 4 is 0 Å². The highest BCUT2D eigenvalue weighted by Crippen LogP contribution is 2.55. The van der Waals surface area contributed by atoms with E-state index >= 15 is 0 Å². The Morgan fingerprint density at radius 1 is 0.808 bits per heavy atom. The van der Waals surface area contributed by atoms with Crippen LogP contribution in [0.25, 0.3) is 0 Å². The van der Waals surface area contributed by atoms with Gasteiger partial charge in [-0.2, -0.15) is 0 Å². The summed E-state index contributed by atoms with van der Waals surface area (Å²) in [5, 5.41) is 19.2. The molecule has 3 aliphatic heterocycles. The van der Waals surface area contributed by atoms with E-state index < -0.39 is 11.2 Å². The maximum atomic E-state index is 9.61. The van der Waals surface area contributed by atoms with Crippen LogP contribution in [0.3, 0.4) is 0 Å². The summed E-state index contributed by atoms with van der Waals surface area (Å²) in [6, 6.07) is 14.1. The molecule has 2 aromatic rings. The van der Waals surface area contributed by atoms with Crippen molar-refractivity contribution in [2.75, 3.05) is 6.61 Å². The number of hydrogen-bond acceptors (Lipinski definition) is 6. The Kier molecular flexibility index (Phi) is 3.22. The molecule has 0 aromatic heterocycles. The summed E-state index contributed by atoms with van der Waals surface area (Å²) in [6.07, 6.45) is -0.757. The number of rotatable bonds is 2. The monoisotopic (exact) mass is 355 g/mol. The molecule has 2 N–H and O–H groups in total. The fourth-order valence-corrected chi connectivity index (χ4v) is 4.40. The summed E-state index contributed by atoms with van der Waals surface area (Å²) in [5.74, 6) is 0.441. The lowest BCUT2D eigenvalue weighted by molar-refractivity contribution is -0.138. The van der Waals surface area contributed by atoms with E-state index in [1.54, 1.807) is 24.3 Å². The van der Waals surface area contributed by atoms with Gasteiger partial charge in [-0.1, -0.05) is 24.3 Å². The predicted molar refractivity (Wildman–Crippen MR) is 92.2 cm³/mol. The van der Waals surface area contributed by atoms with Gasteiger partial charge in [0, 0.05) is 0 Å². The molecule has 2 aromatic carbocycles. The largest absolute Gasteiger partial charge is 0.508 e. The van der Waals surface area contributed by atoms with Crippen molar-refractivity contribution in [3.63, 3.8) is 0 Å². The van der Waals surface area contributed by atoms with Gasteiger partial charge in [0.05, 0.1) is 6.61 Å². The summed E-state index contributed by atoms with van der Waals surface area (Å²) in [6.45, 7) is 4.51. The van der Waals surface area contributed by atoms with E-state index in [1.165, 1.54) is 0 Å². The van der Waals surface area contributed by atoms with E-state index in [-0.39, 0.29) is 30.2 Å². The molecule has 136 valence electrons. The molecule has 0 saturated carbocycles. The Balaban J connectivity index is 1.56. The second-order valence-electron chi connectivity index (χ2n) is 7.48. The Morgan fingerprint density at radius 2 is 1.31 bits per heavy atom. The van der Waals surface area contributed by atoms with Gasteiger partial charge < -0.3 is 24.4 Å². The Labute approximate surface area is 151 Å². The third kappa shape index (κ3) is 2.01. The third-order valence-electron chi connectivity index (χ3n) is 5.83. The van der Waals surface area contributed by atoms with Gasteiger partial charge in [0.1, 0.15) is 41.4 Å². The summed E-state index contributed by atoms with van der Waals surface area (Å²) >= 11 is 0. The van der Waals surface area contributed by atoms with Crippen molar-refractivity contribution in [3.05, 3.63) is 59.7 Å². The lowest BCUT2D eigenvalue weighted by Gasteiger charge is -2.33. The molecule has 5 atom stereocenters. The SMILES string of the molecule is C[C@@]1(c2ccc(O)cc2)O[C@H]2CO[C@@H]3N2[C@H]1O[C@@]3(C)c1ccc(O)cc1. The zero-order chi connectivity index (χ0) is 18.1. The van der Waals surface area contributed by atoms with Gasteiger partial charge in [0.25, 0.3) is 0 Å². The highest BCUT2D eigenvalue weighted by atomic mass is 16.7. The van der Waals surface area contributed by atoms with Gasteiger partial charge in [-0.15, -0.1) is 0 Å².